The summed E-state index contributed by atoms with van der Waals surface area (Å²) in [6.07, 6.45) is 1.42. The van der Waals surface area contributed by atoms with E-state index in [-0.39, 0.29) is 11.6 Å². The third-order valence-corrected chi connectivity index (χ3v) is 2.96. The lowest BCUT2D eigenvalue weighted by Gasteiger charge is -2.04. The molecule has 0 saturated heterocycles. The number of aryl methyl sites for hydroxylation is 2. The number of tetrazole rings is 1. The number of rotatable bonds is 2. The number of aromatic nitrogens is 6. The number of H-pyrrole nitrogens is 1. The van der Waals surface area contributed by atoms with Crippen LogP contribution < -0.4 is 5.32 Å². The molecule has 0 atom stereocenters. The quantitative estimate of drug-likeness (QED) is 0.718. The molecule has 20 heavy (non-hydrogen) atoms. The number of benzene rings is 1. The third kappa shape index (κ3) is 2.18. The standard InChI is InChI=1S/C12H11N7O/c1-6-3-8-9(4-7(6)2)14-10(5-13-8)11(20)15-12-16-18-19-17-12/h3-5H,1-2H3,(H2,15,16,17,18,19,20). The van der Waals surface area contributed by atoms with Crippen LogP contribution in [0.5, 0.6) is 0 Å². The van der Waals surface area contributed by atoms with Crippen LogP contribution in [0.25, 0.3) is 11.0 Å². The summed E-state index contributed by atoms with van der Waals surface area (Å²) in [5.41, 5.74) is 3.86. The molecule has 0 unspecified atom stereocenters. The molecule has 0 aliphatic rings. The largest absolute Gasteiger partial charge is 0.286 e. The monoisotopic (exact) mass is 269 g/mol. The highest BCUT2D eigenvalue weighted by molar-refractivity contribution is 6.02. The van der Waals surface area contributed by atoms with E-state index in [2.05, 4.69) is 35.9 Å². The molecule has 2 heterocycles. The summed E-state index contributed by atoms with van der Waals surface area (Å²) in [5, 5.41) is 15.4. The van der Waals surface area contributed by atoms with Crippen LogP contribution in [0.3, 0.4) is 0 Å². The fourth-order valence-corrected chi connectivity index (χ4v) is 1.76. The number of nitrogens with one attached hydrogen (secondary N) is 2. The smallest absolute Gasteiger partial charge is 0.278 e. The van der Waals surface area contributed by atoms with E-state index in [1.54, 1.807) is 0 Å². The van der Waals surface area contributed by atoms with Gasteiger partial charge in [-0.3, -0.25) is 15.1 Å². The summed E-state index contributed by atoms with van der Waals surface area (Å²) in [6.45, 7) is 4.00. The van der Waals surface area contributed by atoms with E-state index >= 15 is 0 Å². The van der Waals surface area contributed by atoms with Crippen LogP contribution in [-0.2, 0) is 0 Å². The molecule has 3 aromatic rings. The summed E-state index contributed by atoms with van der Waals surface area (Å²) in [5.74, 6) is -0.337. The molecule has 3 rings (SSSR count). The van der Waals surface area contributed by atoms with Gasteiger partial charge in [0.1, 0.15) is 5.69 Å². The molecule has 8 nitrogen and oxygen atoms in total. The van der Waals surface area contributed by atoms with Crippen molar-refractivity contribution in [2.75, 3.05) is 5.32 Å². The average molecular weight is 269 g/mol. The van der Waals surface area contributed by atoms with E-state index in [1.165, 1.54) is 6.20 Å². The normalized spacial score (nSPS) is 10.7. The predicted molar refractivity (Wildman–Crippen MR) is 71.1 cm³/mol. The van der Waals surface area contributed by atoms with Crippen LogP contribution in [0.15, 0.2) is 18.3 Å². The second-order valence-corrected chi connectivity index (χ2v) is 4.37. The van der Waals surface area contributed by atoms with Crippen molar-refractivity contribution in [1.29, 1.82) is 0 Å². The highest BCUT2D eigenvalue weighted by Crippen LogP contribution is 2.16. The molecule has 0 aliphatic heterocycles. The van der Waals surface area contributed by atoms with E-state index in [9.17, 15) is 4.79 Å². The maximum atomic E-state index is 12.0. The maximum absolute atomic E-state index is 12.0. The van der Waals surface area contributed by atoms with Gasteiger partial charge >= 0.3 is 0 Å². The number of hydrogen-bond acceptors (Lipinski definition) is 6. The van der Waals surface area contributed by atoms with Gasteiger partial charge in [0.25, 0.3) is 11.9 Å². The molecule has 0 fully saturated rings. The number of aromatic amines is 1. The van der Waals surface area contributed by atoms with Crippen molar-refractivity contribution >= 4 is 22.9 Å². The van der Waals surface area contributed by atoms with Gasteiger partial charge in [0.2, 0.25) is 0 Å². The first-order valence-corrected chi connectivity index (χ1v) is 5.92. The van der Waals surface area contributed by atoms with Crippen molar-refractivity contribution in [3.8, 4) is 0 Å². The van der Waals surface area contributed by atoms with Gasteiger partial charge in [-0.15, -0.1) is 5.10 Å². The van der Waals surface area contributed by atoms with Gasteiger partial charge in [0.15, 0.2) is 0 Å². The SMILES string of the molecule is Cc1cc2ncc(C(=O)Nc3nn[nH]n3)nc2cc1C. The second kappa shape index (κ2) is 4.65. The van der Waals surface area contributed by atoms with Crippen molar-refractivity contribution < 1.29 is 4.79 Å². The highest BCUT2D eigenvalue weighted by Gasteiger charge is 2.12. The van der Waals surface area contributed by atoms with E-state index in [0.717, 1.165) is 16.6 Å². The molecule has 0 saturated carbocycles. The Labute approximate surface area is 113 Å². The molecule has 2 aromatic heterocycles. The molecule has 0 aliphatic carbocycles. The van der Waals surface area contributed by atoms with E-state index in [0.29, 0.717) is 5.52 Å². The molecule has 0 radical (unpaired) electrons. The van der Waals surface area contributed by atoms with E-state index in [1.807, 2.05) is 26.0 Å². The first-order chi connectivity index (χ1) is 9.63. The molecule has 1 aromatic carbocycles. The number of carbonyl (C=O) groups is 1. The predicted octanol–water partition coefficient (Wildman–Crippen LogP) is 1.01. The third-order valence-electron chi connectivity index (χ3n) is 2.96. The fourth-order valence-electron chi connectivity index (χ4n) is 1.76. The minimum Gasteiger partial charge on any atom is -0.286 e. The Morgan fingerprint density at radius 1 is 1.20 bits per heavy atom. The number of amides is 1. The molecular formula is C12H11N7O. The Hall–Kier alpha value is -2.90. The van der Waals surface area contributed by atoms with Crippen LogP contribution in [0, 0.1) is 13.8 Å². The van der Waals surface area contributed by atoms with Gasteiger partial charge in [-0.1, -0.05) is 5.10 Å². The van der Waals surface area contributed by atoms with Crippen LogP contribution in [0.2, 0.25) is 0 Å². The molecule has 100 valence electrons. The summed E-state index contributed by atoms with van der Waals surface area (Å²) >= 11 is 0. The Morgan fingerprint density at radius 2 is 1.95 bits per heavy atom. The Bertz CT molecular complexity index is 782. The summed E-state index contributed by atoms with van der Waals surface area (Å²) in [7, 11) is 0. The topological polar surface area (TPSA) is 109 Å². The van der Waals surface area contributed by atoms with Gasteiger partial charge in [-0.05, 0) is 42.3 Å². The fraction of sp³-hybridized carbons (Fsp3) is 0.167. The van der Waals surface area contributed by atoms with Crippen LogP contribution in [0.1, 0.15) is 21.6 Å². The lowest BCUT2D eigenvalue weighted by Crippen LogP contribution is -2.15. The lowest BCUT2D eigenvalue weighted by molar-refractivity contribution is 0.102. The highest BCUT2D eigenvalue weighted by atomic mass is 16.2. The van der Waals surface area contributed by atoms with E-state index in [4.69, 9.17) is 0 Å². The second-order valence-electron chi connectivity index (χ2n) is 4.37. The first kappa shape index (κ1) is 12.2. The zero-order chi connectivity index (χ0) is 14.1. The minimum absolute atomic E-state index is 0.0944. The molecule has 8 heteroatoms. The van der Waals surface area contributed by atoms with Gasteiger partial charge in [-0.25, -0.2) is 4.98 Å². The van der Waals surface area contributed by atoms with Crippen molar-refractivity contribution in [2.45, 2.75) is 13.8 Å². The Morgan fingerprint density at radius 3 is 2.65 bits per heavy atom. The van der Waals surface area contributed by atoms with Crippen molar-refractivity contribution in [3.05, 3.63) is 35.2 Å². The number of fused-ring (bicyclic) bond motifs is 1. The molecule has 1 amide bonds. The van der Waals surface area contributed by atoms with Crippen molar-refractivity contribution in [1.82, 2.24) is 30.6 Å². The Balaban J connectivity index is 1.96. The Kier molecular flexibility index (Phi) is 2.82. The van der Waals surface area contributed by atoms with Gasteiger partial charge in [0, 0.05) is 0 Å². The molecule has 2 N–H and O–H groups in total. The van der Waals surface area contributed by atoms with Crippen molar-refractivity contribution in [3.63, 3.8) is 0 Å². The zero-order valence-corrected chi connectivity index (χ0v) is 10.9. The number of carbonyl (C=O) groups excluding carboxylic acids is 1. The zero-order valence-electron chi connectivity index (χ0n) is 10.9. The molecule has 0 spiro atoms. The number of anilines is 1. The number of hydrogen-bond donors (Lipinski definition) is 2. The van der Waals surface area contributed by atoms with Gasteiger partial charge in [-0.2, -0.15) is 5.21 Å². The molecule has 0 bridgehead atoms. The lowest BCUT2D eigenvalue weighted by atomic mass is 10.1. The maximum Gasteiger partial charge on any atom is 0.278 e. The number of nitrogens with zero attached hydrogens (tertiary/aromatic N) is 5. The van der Waals surface area contributed by atoms with Crippen molar-refractivity contribution in [2.24, 2.45) is 0 Å². The van der Waals surface area contributed by atoms with Crippen LogP contribution >= 0.6 is 0 Å². The van der Waals surface area contributed by atoms with Gasteiger partial charge in [0.05, 0.1) is 17.2 Å². The minimum atomic E-state index is -0.431. The average Bonchev–Trinajstić information content (AvgIpc) is 2.92. The molecular weight excluding hydrogens is 258 g/mol. The first-order valence-electron chi connectivity index (χ1n) is 5.92. The summed E-state index contributed by atoms with van der Waals surface area (Å²) < 4.78 is 0. The summed E-state index contributed by atoms with van der Waals surface area (Å²) in [6, 6.07) is 3.85. The van der Waals surface area contributed by atoms with E-state index < -0.39 is 5.91 Å². The summed E-state index contributed by atoms with van der Waals surface area (Å²) in [4.78, 5) is 20.5. The van der Waals surface area contributed by atoms with Gasteiger partial charge < -0.3 is 0 Å². The van der Waals surface area contributed by atoms with Crippen LogP contribution in [-0.4, -0.2) is 36.5 Å². The van der Waals surface area contributed by atoms with Crippen LogP contribution in [0.4, 0.5) is 5.95 Å².